The Balaban J connectivity index is 1.59. The van der Waals surface area contributed by atoms with Crippen LogP contribution in [0.4, 0.5) is 0 Å². The highest BCUT2D eigenvalue weighted by Crippen LogP contribution is 2.30. The van der Waals surface area contributed by atoms with Gasteiger partial charge >= 0.3 is 0 Å². The Bertz CT molecular complexity index is 1100. The molecule has 1 aromatic carbocycles. The Morgan fingerprint density at radius 2 is 1.76 bits per heavy atom. The molecule has 2 atom stereocenters. The normalized spacial score (nSPS) is 24.5. The van der Waals surface area contributed by atoms with Gasteiger partial charge in [0, 0.05) is 46.3 Å². The van der Waals surface area contributed by atoms with E-state index in [-0.39, 0.29) is 49.1 Å². The summed E-state index contributed by atoms with van der Waals surface area (Å²) >= 11 is 0. The van der Waals surface area contributed by atoms with Crippen LogP contribution in [0.1, 0.15) is 69.2 Å². The Labute approximate surface area is 249 Å². The maximum atomic E-state index is 13.7. The molecule has 11 heteroatoms. The number of rotatable bonds is 5. The fraction of sp³-hybridized carbons (Fsp3) is 0.677. The molecular formula is C31H47N5O6. The highest BCUT2D eigenvalue weighted by atomic mass is 16.5. The highest BCUT2D eigenvalue weighted by molar-refractivity contribution is 6.00. The van der Waals surface area contributed by atoms with Crippen molar-refractivity contribution in [3.63, 3.8) is 0 Å². The van der Waals surface area contributed by atoms with Crippen molar-refractivity contribution in [1.82, 2.24) is 25.8 Å². The molecule has 0 aromatic heterocycles. The highest BCUT2D eigenvalue weighted by Gasteiger charge is 2.42. The van der Waals surface area contributed by atoms with Gasteiger partial charge < -0.3 is 30.3 Å². The number of methoxy groups -OCH3 is 1. The molecule has 4 amide bonds. The van der Waals surface area contributed by atoms with E-state index in [9.17, 15) is 19.2 Å². The van der Waals surface area contributed by atoms with Gasteiger partial charge in [0.05, 0.1) is 18.2 Å². The molecule has 3 aliphatic rings. The summed E-state index contributed by atoms with van der Waals surface area (Å²) in [6, 6.07) is 5.68. The molecule has 4 rings (SSSR count). The predicted octanol–water partition coefficient (Wildman–Crippen LogP) is 1.71. The first-order valence-corrected chi connectivity index (χ1v) is 15.4. The van der Waals surface area contributed by atoms with Gasteiger partial charge in [0.2, 0.25) is 17.7 Å². The average Bonchev–Trinajstić information content (AvgIpc) is 3.00. The standard InChI is InChI=1S/C31H47N5O6/c1-22(2)25-21-42-26-10-6-5-9-23(26)28(38)32-24(29(39)36-17-15-35(16-18-36)19-20-41-3)11-12-27(37)34-31(30(40)33-25)13-7-4-8-14-31/h5-6,9-10,22,24-25H,4,7-8,11-21H2,1-3H3,(H,32,38)(H,33,40)(H,34,37)/t24-,25-/m0/s1. The second-order valence-corrected chi connectivity index (χ2v) is 12.0. The number of hydrogen-bond acceptors (Lipinski definition) is 7. The van der Waals surface area contributed by atoms with Crippen LogP contribution >= 0.6 is 0 Å². The minimum Gasteiger partial charge on any atom is -0.491 e. The maximum Gasteiger partial charge on any atom is 0.255 e. The van der Waals surface area contributed by atoms with Gasteiger partial charge in [-0.1, -0.05) is 45.2 Å². The average molecular weight is 586 g/mol. The smallest absolute Gasteiger partial charge is 0.255 e. The van der Waals surface area contributed by atoms with E-state index >= 15 is 0 Å². The summed E-state index contributed by atoms with van der Waals surface area (Å²) in [4.78, 5) is 58.4. The summed E-state index contributed by atoms with van der Waals surface area (Å²) < 4.78 is 11.3. The molecule has 2 fully saturated rings. The van der Waals surface area contributed by atoms with Crippen molar-refractivity contribution in [2.45, 2.75) is 76.4 Å². The van der Waals surface area contributed by atoms with Crippen LogP contribution in [0.25, 0.3) is 0 Å². The van der Waals surface area contributed by atoms with Crippen LogP contribution in [-0.2, 0) is 19.1 Å². The molecule has 0 bridgehead atoms. The lowest BCUT2D eigenvalue weighted by Crippen LogP contribution is -2.62. The van der Waals surface area contributed by atoms with Gasteiger partial charge in [0.15, 0.2) is 0 Å². The molecule has 1 spiro atoms. The van der Waals surface area contributed by atoms with Gasteiger partial charge in [-0.15, -0.1) is 0 Å². The number of nitrogens with zero attached hydrogens (tertiary/aromatic N) is 2. The number of fused-ring (bicyclic) bond motifs is 1. The quantitative estimate of drug-likeness (QED) is 0.480. The lowest BCUT2D eigenvalue weighted by atomic mass is 9.80. The van der Waals surface area contributed by atoms with Crippen LogP contribution in [0.15, 0.2) is 24.3 Å². The third-order valence-corrected chi connectivity index (χ3v) is 8.75. The number of carbonyl (C=O) groups excluding carboxylic acids is 4. The number of para-hydroxylation sites is 1. The summed E-state index contributed by atoms with van der Waals surface area (Å²) in [5, 5.41) is 9.11. The first kappa shape index (κ1) is 31.7. The Kier molecular flexibility index (Phi) is 11.2. The van der Waals surface area contributed by atoms with E-state index < -0.39 is 17.5 Å². The zero-order valence-electron chi connectivity index (χ0n) is 25.3. The van der Waals surface area contributed by atoms with Crippen molar-refractivity contribution in [3.05, 3.63) is 29.8 Å². The van der Waals surface area contributed by atoms with Crippen molar-refractivity contribution >= 4 is 23.6 Å². The lowest BCUT2D eigenvalue weighted by Gasteiger charge is -2.38. The van der Waals surface area contributed by atoms with Gasteiger partial charge in [-0.05, 0) is 37.3 Å². The van der Waals surface area contributed by atoms with E-state index in [2.05, 4.69) is 20.9 Å². The van der Waals surface area contributed by atoms with Crippen molar-refractivity contribution in [3.8, 4) is 5.75 Å². The van der Waals surface area contributed by atoms with Crippen molar-refractivity contribution in [2.75, 3.05) is 53.0 Å². The van der Waals surface area contributed by atoms with Crippen molar-refractivity contribution in [2.24, 2.45) is 5.92 Å². The van der Waals surface area contributed by atoms with E-state index in [0.717, 1.165) is 25.8 Å². The van der Waals surface area contributed by atoms with Crippen LogP contribution in [0.3, 0.4) is 0 Å². The van der Waals surface area contributed by atoms with E-state index in [1.807, 2.05) is 13.8 Å². The van der Waals surface area contributed by atoms with Crippen molar-refractivity contribution < 1.29 is 28.7 Å². The second kappa shape index (κ2) is 14.8. The lowest BCUT2D eigenvalue weighted by molar-refractivity contribution is -0.137. The number of hydrogen-bond donors (Lipinski definition) is 3. The topological polar surface area (TPSA) is 129 Å². The molecule has 2 heterocycles. The van der Waals surface area contributed by atoms with Crippen LogP contribution in [0.2, 0.25) is 0 Å². The molecule has 3 N–H and O–H groups in total. The number of amides is 4. The number of nitrogens with one attached hydrogen (secondary N) is 3. The number of ether oxygens (including phenoxy) is 2. The van der Waals surface area contributed by atoms with Crippen LogP contribution in [-0.4, -0.2) is 104 Å². The minimum absolute atomic E-state index is 0.00523. The summed E-state index contributed by atoms with van der Waals surface area (Å²) in [5.41, 5.74) is -0.696. The number of carbonyl (C=O) groups is 4. The Morgan fingerprint density at radius 1 is 1.05 bits per heavy atom. The van der Waals surface area contributed by atoms with E-state index in [1.54, 1.807) is 36.3 Å². The van der Waals surface area contributed by atoms with E-state index in [1.165, 1.54) is 0 Å². The molecular weight excluding hydrogens is 538 g/mol. The van der Waals surface area contributed by atoms with Gasteiger partial charge in [-0.3, -0.25) is 24.1 Å². The third kappa shape index (κ3) is 8.01. The molecule has 11 nitrogen and oxygen atoms in total. The van der Waals surface area contributed by atoms with E-state index in [0.29, 0.717) is 56.9 Å². The summed E-state index contributed by atoms with van der Waals surface area (Å²) in [7, 11) is 1.67. The van der Waals surface area contributed by atoms with Crippen LogP contribution in [0, 0.1) is 5.92 Å². The second-order valence-electron chi connectivity index (χ2n) is 12.0. The zero-order valence-corrected chi connectivity index (χ0v) is 25.3. The van der Waals surface area contributed by atoms with Crippen LogP contribution < -0.4 is 20.7 Å². The zero-order chi connectivity index (χ0) is 30.1. The largest absolute Gasteiger partial charge is 0.491 e. The van der Waals surface area contributed by atoms with Gasteiger partial charge in [-0.25, -0.2) is 0 Å². The molecule has 1 aliphatic carbocycles. The van der Waals surface area contributed by atoms with E-state index in [4.69, 9.17) is 9.47 Å². The predicted molar refractivity (Wildman–Crippen MR) is 158 cm³/mol. The molecule has 1 saturated carbocycles. The summed E-state index contributed by atoms with van der Waals surface area (Å²) in [6.07, 6.45) is 3.95. The van der Waals surface area contributed by atoms with Crippen molar-refractivity contribution in [1.29, 1.82) is 0 Å². The van der Waals surface area contributed by atoms with Gasteiger partial charge in [-0.2, -0.15) is 0 Å². The fourth-order valence-corrected chi connectivity index (χ4v) is 5.96. The molecule has 232 valence electrons. The monoisotopic (exact) mass is 585 g/mol. The SMILES string of the molecule is COCCN1CCN(C(=O)[C@@H]2CCC(=O)NC3(CCCCC3)C(=O)N[C@H](C(C)C)COc3ccccc3C(=O)N2)CC1. The Hall–Kier alpha value is -3.18. The number of benzene rings is 1. The third-order valence-electron chi connectivity index (χ3n) is 8.75. The fourth-order valence-electron chi connectivity index (χ4n) is 5.96. The number of piperazine rings is 1. The molecule has 42 heavy (non-hydrogen) atoms. The molecule has 1 saturated heterocycles. The van der Waals surface area contributed by atoms with Gasteiger partial charge in [0.1, 0.15) is 23.9 Å². The summed E-state index contributed by atoms with van der Waals surface area (Å²) in [6.45, 7) is 8.06. The molecule has 0 unspecified atom stereocenters. The molecule has 0 radical (unpaired) electrons. The maximum absolute atomic E-state index is 13.7. The molecule has 2 aliphatic heterocycles. The minimum atomic E-state index is -0.998. The first-order chi connectivity index (χ1) is 20.2. The molecule has 1 aromatic rings. The Morgan fingerprint density at radius 3 is 2.45 bits per heavy atom. The first-order valence-electron chi connectivity index (χ1n) is 15.4. The summed E-state index contributed by atoms with van der Waals surface area (Å²) in [5.74, 6) is -0.712. The van der Waals surface area contributed by atoms with Gasteiger partial charge in [0.25, 0.3) is 5.91 Å². The van der Waals surface area contributed by atoms with Crippen LogP contribution in [0.5, 0.6) is 5.75 Å².